The van der Waals surface area contributed by atoms with Crippen LogP contribution < -0.4 is 10.6 Å². The number of likely N-dealkylation sites (tertiary alicyclic amines) is 4. The Morgan fingerprint density at radius 3 is 1.05 bits per heavy atom. The van der Waals surface area contributed by atoms with Crippen LogP contribution in [0.2, 0.25) is 0 Å². The molecule has 5 heterocycles. The minimum Gasteiger partial charge on any atom is -0.315 e. The van der Waals surface area contributed by atoms with Gasteiger partial charge in [-0.05, 0) is 283 Å². The predicted molar refractivity (Wildman–Crippen MR) is 361 cm³/mol. The van der Waals surface area contributed by atoms with Crippen molar-refractivity contribution in [2.45, 2.75) is 313 Å². The Hall–Kier alpha value is -0.280. The lowest BCUT2D eigenvalue weighted by atomic mass is 9.84. The van der Waals surface area contributed by atoms with Gasteiger partial charge in [-0.25, -0.2) is 0 Å². The summed E-state index contributed by atoms with van der Waals surface area (Å²) in [4.78, 5) is 12.8. The van der Waals surface area contributed by atoms with E-state index in [4.69, 9.17) is 0 Å². The van der Waals surface area contributed by atoms with E-state index in [1.807, 2.05) is 0 Å². The number of piperidine rings is 4. The standard InChI is InChI=1S/C12H25N.3C11H23N.C10H21N.C9H21N.C8H19N/c1-9(2)7-12-6-5-11(8-13-12)10(3)4;1-9(2)11-5-7-12(8-6-11)10(3)4;2*1-9(2)11-6-5-7-12(8-11)10(3)4;1-8(2)10-5-6-11(7-10)9(3)4;1-8(2)6-7-10(5)9(3)4;1-7(2)5-6-9-8(3)4/h9-13H,5-8H2,1-4H3;3*9-11H,5-8H2,1-4H3;8-10H,5-7H2,1-4H3;8-9H,6-7H2,1-5H3;7-9H,5-6H2,1-4H3/t11-,12-;;11-;;;;/m1.1..../s1. The minimum absolute atomic E-state index is 0.642. The van der Waals surface area contributed by atoms with Gasteiger partial charge in [0, 0.05) is 61.9 Å². The first-order chi connectivity index (χ1) is 36.7. The Morgan fingerprint density at radius 2 is 0.759 bits per heavy atom. The first-order valence-electron chi connectivity index (χ1n) is 34.8. The summed E-state index contributed by atoms with van der Waals surface area (Å²) in [5.41, 5.74) is 0. The van der Waals surface area contributed by atoms with E-state index in [2.05, 4.69) is 236 Å². The van der Waals surface area contributed by atoms with Crippen LogP contribution in [-0.4, -0.2) is 146 Å². The van der Waals surface area contributed by atoms with Gasteiger partial charge in [-0.3, -0.25) is 0 Å². The molecule has 478 valence electrons. The van der Waals surface area contributed by atoms with Crippen LogP contribution in [0.4, 0.5) is 0 Å². The highest BCUT2D eigenvalue weighted by molar-refractivity contribution is 4.82. The van der Waals surface area contributed by atoms with Crippen molar-refractivity contribution in [3.8, 4) is 0 Å². The molecule has 7 heteroatoms. The second-order valence-electron chi connectivity index (χ2n) is 30.9. The summed E-state index contributed by atoms with van der Waals surface area (Å²) in [6.45, 7) is 78.7. The van der Waals surface area contributed by atoms with Crippen molar-refractivity contribution < 1.29 is 0 Å². The lowest BCUT2D eigenvalue weighted by Gasteiger charge is -2.37. The van der Waals surface area contributed by atoms with E-state index < -0.39 is 0 Å². The molecule has 5 saturated heterocycles. The third-order valence-corrected chi connectivity index (χ3v) is 19.0. The molecule has 0 aliphatic carbocycles. The molecule has 0 saturated carbocycles. The monoisotopic (exact) mass is 1120 g/mol. The third-order valence-electron chi connectivity index (χ3n) is 19.0. The molecule has 5 rings (SSSR count). The molecular formula is C72H155N7. The zero-order valence-corrected chi connectivity index (χ0v) is 60.0. The van der Waals surface area contributed by atoms with Crippen molar-refractivity contribution in [2.24, 2.45) is 76.9 Å². The van der Waals surface area contributed by atoms with Gasteiger partial charge in [0.15, 0.2) is 0 Å². The van der Waals surface area contributed by atoms with Gasteiger partial charge in [-0.15, -0.1) is 0 Å². The van der Waals surface area contributed by atoms with Gasteiger partial charge in [0.2, 0.25) is 0 Å². The quantitative estimate of drug-likeness (QED) is 0.134. The summed E-state index contributed by atoms with van der Waals surface area (Å²) in [7, 11) is 2.19. The third kappa shape index (κ3) is 41.4. The number of nitrogens with zero attached hydrogens (tertiary/aromatic N) is 5. The zero-order chi connectivity index (χ0) is 61.1. The highest BCUT2D eigenvalue weighted by Gasteiger charge is 2.28. The topological polar surface area (TPSA) is 40.3 Å². The average Bonchev–Trinajstić information content (AvgIpc) is 3.89. The smallest absolute Gasteiger partial charge is 0.00697 e. The molecule has 79 heavy (non-hydrogen) atoms. The zero-order valence-electron chi connectivity index (χ0n) is 60.0. The molecule has 2 unspecified atom stereocenters. The SMILES string of the molecule is CC(C)C1CCCN(C(C)C)C1.CC(C)C1CCN(C(C)C)C1.CC(C)C1CCN(C(C)C)CC1.CC(C)CCN(C)C(C)C.CC(C)CCNC(C)C.CC(C)C[C@H]1CC[C@@H](C(C)C)CN1.CC(C)[C@@H]1CCCN(C(C)C)C1. The van der Waals surface area contributed by atoms with Crippen molar-refractivity contribution in [3.05, 3.63) is 0 Å². The molecular weight excluding hydrogens is 963 g/mol. The van der Waals surface area contributed by atoms with Crippen molar-refractivity contribution >= 4 is 0 Å². The van der Waals surface area contributed by atoms with Crippen molar-refractivity contribution in [3.63, 3.8) is 0 Å². The fourth-order valence-corrected chi connectivity index (χ4v) is 11.7. The minimum atomic E-state index is 0.642. The van der Waals surface area contributed by atoms with Crippen molar-refractivity contribution in [2.75, 3.05) is 79.0 Å². The van der Waals surface area contributed by atoms with Crippen LogP contribution >= 0.6 is 0 Å². The van der Waals surface area contributed by atoms with Crippen LogP contribution in [0.3, 0.4) is 0 Å². The summed E-state index contributed by atoms with van der Waals surface area (Å²) in [5, 5.41) is 7.06. The number of hydrogen-bond acceptors (Lipinski definition) is 7. The summed E-state index contributed by atoms with van der Waals surface area (Å²) >= 11 is 0. The van der Waals surface area contributed by atoms with Crippen molar-refractivity contribution in [1.29, 1.82) is 0 Å². The largest absolute Gasteiger partial charge is 0.315 e. The summed E-state index contributed by atoms with van der Waals surface area (Å²) < 4.78 is 0. The molecule has 5 aliphatic heterocycles. The summed E-state index contributed by atoms with van der Waals surface area (Å²) in [6.07, 6.45) is 16.7. The molecule has 5 atom stereocenters. The van der Waals surface area contributed by atoms with Crippen molar-refractivity contribution in [1.82, 2.24) is 35.1 Å². The second kappa shape index (κ2) is 46.0. The van der Waals surface area contributed by atoms with Crippen LogP contribution in [0.25, 0.3) is 0 Å². The maximum absolute atomic E-state index is 3.68. The lowest BCUT2D eigenvalue weighted by Crippen LogP contribution is -2.41. The molecule has 7 nitrogen and oxygen atoms in total. The Labute approximate surface area is 502 Å². The fraction of sp³-hybridized carbons (Fsp3) is 1.00. The fourth-order valence-electron chi connectivity index (χ4n) is 11.7. The van der Waals surface area contributed by atoms with Gasteiger partial charge in [0.25, 0.3) is 0 Å². The molecule has 2 N–H and O–H groups in total. The van der Waals surface area contributed by atoms with Crippen LogP contribution in [0.15, 0.2) is 0 Å². The van der Waals surface area contributed by atoms with Crippen LogP contribution in [0.1, 0.15) is 271 Å². The van der Waals surface area contributed by atoms with E-state index in [1.54, 1.807) is 0 Å². The molecule has 0 bridgehead atoms. The Kier molecular flexibility index (Phi) is 47.0. The number of hydrogen-bond donors (Lipinski definition) is 2. The van der Waals surface area contributed by atoms with Gasteiger partial charge in [0.05, 0.1) is 0 Å². The van der Waals surface area contributed by atoms with Gasteiger partial charge >= 0.3 is 0 Å². The molecule has 0 amide bonds. The molecule has 5 fully saturated rings. The van der Waals surface area contributed by atoms with Gasteiger partial charge in [-0.2, -0.15) is 0 Å². The first-order valence-corrected chi connectivity index (χ1v) is 34.8. The summed E-state index contributed by atoms with van der Waals surface area (Å²) in [6, 6.07) is 5.12. The Balaban J connectivity index is 0. The van der Waals surface area contributed by atoms with E-state index in [9.17, 15) is 0 Å². The molecule has 0 aromatic carbocycles. The Morgan fingerprint density at radius 1 is 0.392 bits per heavy atom. The van der Waals surface area contributed by atoms with Gasteiger partial charge < -0.3 is 35.1 Å². The highest BCUT2D eigenvalue weighted by atomic mass is 15.2. The van der Waals surface area contributed by atoms with Crippen LogP contribution in [0, 0.1) is 76.9 Å². The van der Waals surface area contributed by atoms with E-state index in [0.717, 1.165) is 114 Å². The number of rotatable bonds is 19. The Bertz CT molecular complexity index is 1220. The van der Waals surface area contributed by atoms with Crippen LogP contribution in [-0.2, 0) is 0 Å². The molecule has 0 aromatic rings. The van der Waals surface area contributed by atoms with E-state index in [0.29, 0.717) is 12.1 Å². The molecule has 0 spiro atoms. The highest BCUT2D eigenvalue weighted by Crippen LogP contribution is 2.28. The maximum atomic E-state index is 3.68. The normalized spacial score (nSPS) is 23.2. The molecule has 5 aliphatic rings. The average molecular weight is 1120 g/mol. The molecule has 0 radical (unpaired) electrons. The maximum Gasteiger partial charge on any atom is 0.00697 e. The van der Waals surface area contributed by atoms with E-state index in [1.165, 1.54) is 142 Å². The number of nitrogens with one attached hydrogen (secondary N) is 2. The predicted octanol–water partition coefficient (Wildman–Crippen LogP) is 18.1. The van der Waals surface area contributed by atoms with Gasteiger partial charge in [0.1, 0.15) is 0 Å². The second-order valence-corrected chi connectivity index (χ2v) is 30.9. The molecule has 0 aromatic heterocycles. The lowest BCUT2D eigenvalue weighted by molar-refractivity contribution is 0.117. The van der Waals surface area contributed by atoms with Gasteiger partial charge in [-0.1, -0.05) is 125 Å². The summed E-state index contributed by atoms with van der Waals surface area (Å²) in [5.74, 6) is 11.6. The van der Waals surface area contributed by atoms with Crippen LogP contribution in [0.5, 0.6) is 0 Å². The first kappa shape index (κ1) is 80.8. The van der Waals surface area contributed by atoms with E-state index in [-0.39, 0.29) is 0 Å². The van der Waals surface area contributed by atoms with E-state index >= 15 is 0 Å².